The molecule has 0 saturated heterocycles. The van der Waals surface area contributed by atoms with E-state index in [-0.39, 0.29) is 11.9 Å². The Bertz CT molecular complexity index is 1230. The Morgan fingerprint density at radius 1 is 1.06 bits per heavy atom. The fourth-order valence-electron chi connectivity index (χ4n) is 4.03. The molecular formula is C24H24FN7O. The largest absolute Gasteiger partial charge is 0.461 e. The van der Waals surface area contributed by atoms with E-state index in [4.69, 9.17) is 14.7 Å². The lowest BCUT2D eigenvalue weighted by atomic mass is 10.1. The molecule has 4 aromatic rings. The summed E-state index contributed by atoms with van der Waals surface area (Å²) in [4.78, 5) is 22.4. The van der Waals surface area contributed by atoms with Gasteiger partial charge in [-0.05, 0) is 49.2 Å². The maximum atomic E-state index is 13.6. The van der Waals surface area contributed by atoms with E-state index in [2.05, 4.69) is 31.8 Å². The second-order valence-corrected chi connectivity index (χ2v) is 7.83. The number of anilines is 1. The van der Waals surface area contributed by atoms with Crippen LogP contribution in [0.25, 0.3) is 22.6 Å². The Labute approximate surface area is 190 Å². The second kappa shape index (κ2) is 9.32. The summed E-state index contributed by atoms with van der Waals surface area (Å²) in [5, 5.41) is 3.25. The van der Waals surface area contributed by atoms with Gasteiger partial charge >= 0.3 is 6.01 Å². The molecule has 0 amide bonds. The van der Waals surface area contributed by atoms with Crippen LogP contribution in [0.15, 0.2) is 55.0 Å². The van der Waals surface area contributed by atoms with Crippen molar-refractivity contribution < 1.29 is 9.13 Å². The van der Waals surface area contributed by atoms with Crippen LogP contribution in [0.2, 0.25) is 0 Å². The molecule has 33 heavy (non-hydrogen) atoms. The first kappa shape index (κ1) is 21.0. The molecule has 8 nitrogen and oxygen atoms in total. The van der Waals surface area contributed by atoms with Gasteiger partial charge in [-0.1, -0.05) is 6.92 Å². The van der Waals surface area contributed by atoms with Crippen molar-refractivity contribution in [3.05, 3.63) is 66.6 Å². The molecule has 0 unspecified atom stereocenters. The molecule has 0 radical (unpaired) electrons. The van der Waals surface area contributed by atoms with Crippen molar-refractivity contribution in [1.82, 2.24) is 29.5 Å². The average Bonchev–Trinajstić information content (AvgIpc) is 3.42. The van der Waals surface area contributed by atoms with Gasteiger partial charge in [-0.2, -0.15) is 0 Å². The van der Waals surface area contributed by atoms with Gasteiger partial charge in [-0.3, -0.25) is 0 Å². The quantitative estimate of drug-likeness (QED) is 0.432. The van der Waals surface area contributed by atoms with E-state index in [1.54, 1.807) is 36.8 Å². The summed E-state index contributed by atoms with van der Waals surface area (Å²) in [5.74, 6) is 1.24. The van der Waals surface area contributed by atoms with E-state index in [0.29, 0.717) is 18.6 Å². The van der Waals surface area contributed by atoms with Crippen molar-refractivity contribution in [2.75, 3.05) is 18.5 Å². The predicted molar refractivity (Wildman–Crippen MR) is 122 cm³/mol. The van der Waals surface area contributed by atoms with Gasteiger partial charge in [0, 0.05) is 37.1 Å². The average molecular weight is 446 g/mol. The Kier molecular flexibility index (Phi) is 5.93. The van der Waals surface area contributed by atoms with Gasteiger partial charge in [-0.15, -0.1) is 0 Å². The normalized spacial score (nSPS) is 14.8. The summed E-state index contributed by atoms with van der Waals surface area (Å²) >= 11 is 0. The highest BCUT2D eigenvalue weighted by molar-refractivity contribution is 5.78. The maximum Gasteiger partial charge on any atom is 0.316 e. The number of rotatable bonds is 8. The molecule has 0 fully saturated rings. The number of nitrogens with one attached hydrogen (secondary N) is 1. The zero-order chi connectivity index (χ0) is 22.6. The number of fused-ring (bicyclic) bond motifs is 1. The second-order valence-electron chi connectivity index (χ2n) is 7.83. The third-order valence-electron chi connectivity index (χ3n) is 5.55. The van der Waals surface area contributed by atoms with E-state index >= 15 is 0 Å². The highest BCUT2D eigenvalue weighted by atomic mass is 19.1. The van der Waals surface area contributed by atoms with Crippen LogP contribution >= 0.6 is 0 Å². The summed E-state index contributed by atoms with van der Waals surface area (Å²) in [7, 11) is 0. The van der Waals surface area contributed by atoms with Crippen molar-refractivity contribution in [3.8, 4) is 28.7 Å². The highest BCUT2D eigenvalue weighted by Gasteiger charge is 2.31. The van der Waals surface area contributed by atoms with Crippen LogP contribution in [-0.2, 0) is 6.42 Å². The Balaban J connectivity index is 1.56. The van der Waals surface area contributed by atoms with E-state index in [1.165, 1.54) is 12.1 Å². The van der Waals surface area contributed by atoms with Gasteiger partial charge < -0.3 is 14.6 Å². The molecule has 1 aliphatic heterocycles. The molecule has 5 rings (SSSR count). The molecule has 9 heteroatoms. The predicted octanol–water partition coefficient (Wildman–Crippen LogP) is 4.32. The number of benzene rings is 1. The zero-order valence-electron chi connectivity index (χ0n) is 18.3. The molecule has 3 aromatic heterocycles. The first-order chi connectivity index (χ1) is 16.2. The fraction of sp³-hybridized carbons (Fsp3) is 0.292. The van der Waals surface area contributed by atoms with Gasteiger partial charge in [0.1, 0.15) is 18.2 Å². The summed E-state index contributed by atoms with van der Waals surface area (Å²) < 4.78 is 21.7. The van der Waals surface area contributed by atoms with Gasteiger partial charge in [-0.25, -0.2) is 29.3 Å². The van der Waals surface area contributed by atoms with Crippen molar-refractivity contribution in [1.29, 1.82) is 0 Å². The van der Waals surface area contributed by atoms with Crippen LogP contribution in [0.3, 0.4) is 0 Å². The lowest BCUT2D eigenvalue weighted by molar-refractivity contribution is 0.237. The van der Waals surface area contributed by atoms with Crippen molar-refractivity contribution in [2.24, 2.45) is 0 Å². The van der Waals surface area contributed by atoms with Crippen LogP contribution in [0.5, 0.6) is 6.01 Å². The van der Waals surface area contributed by atoms with E-state index in [1.807, 2.05) is 6.07 Å². The van der Waals surface area contributed by atoms with Crippen LogP contribution in [0, 0.1) is 5.82 Å². The van der Waals surface area contributed by atoms with Gasteiger partial charge in [0.2, 0.25) is 5.95 Å². The first-order valence-corrected chi connectivity index (χ1v) is 11.1. The molecule has 0 spiro atoms. The number of hydrogen-bond donors (Lipinski definition) is 1. The number of hydrogen-bond acceptors (Lipinski definition) is 7. The smallest absolute Gasteiger partial charge is 0.316 e. The standard InChI is InChI=1S/C24H24FN7O/c1-2-11-26-23-27-14-10-19(30-23)22-21(16-4-6-17(25)7-5-16)31-20-9-8-18(32(20)22)15-33-24-28-12-3-13-29-24/h3-7,10,12-14,18H,2,8-9,11,15H2,1H3,(H,26,27,30)/t18-/m0/s1. The molecule has 0 aliphatic carbocycles. The number of aryl methyl sites for hydroxylation is 1. The Hall–Kier alpha value is -3.88. The Morgan fingerprint density at radius 2 is 1.88 bits per heavy atom. The van der Waals surface area contributed by atoms with Crippen LogP contribution in [-0.4, -0.2) is 42.6 Å². The van der Waals surface area contributed by atoms with E-state index in [9.17, 15) is 4.39 Å². The highest BCUT2D eigenvalue weighted by Crippen LogP contribution is 2.39. The molecule has 0 saturated carbocycles. The summed E-state index contributed by atoms with van der Waals surface area (Å²) in [6.45, 7) is 3.29. The van der Waals surface area contributed by atoms with E-state index in [0.717, 1.165) is 54.3 Å². The van der Waals surface area contributed by atoms with Gasteiger partial charge in [0.15, 0.2) is 0 Å². The maximum absolute atomic E-state index is 13.6. The lowest BCUT2D eigenvalue weighted by Crippen LogP contribution is -2.16. The number of halogens is 1. The number of aromatic nitrogens is 6. The number of nitrogens with zero attached hydrogens (tertiary/aromatic N) is 6. The first-order valence-electron chi connectivity index (χ1n) is 11.1. The van der Waals surface area contributed by atoms with Crippen molar-refractivity contribution >= 4 is 5.95 Å². The van der Waals surface area contributed by atoms with Crippen LogP contribution in [0.4, 0.5) is 10.3 Å². The fourth-order valence-corrected chi connectivity index (χ4v) is 4.03. The summed E-state index contributed by atoms with van der Waals surface area (Å²) in [5.41, 5.74) is 3.23. The third-order valence-corrected chi connectivity index (χ3v) is 5.55. The van der Waals surface area contributed by atoms with Crippen molar-refractivity contribution in [2.45, 2.75) is 32.2 Å². The molecule has 1 atom stereocenters. The van der Waals surface area contributed by atoms with Gasteiger partial charge in [0.05, 0.1) is 23.1 Å². The minimum Gasteiger partial charge on any atom is -0.461 e. The SMILES string of the molecule is CCCNc1nccc(-c2c(-c3ccc(F)cc3)nc3n2[C@H](COc2ncccn2)CC3)n1. The van der Waals surface area contributed by atoms with Crippen molar-refractivity contribution in [3.63, 3.8) is 0 Å². The topological polar surface area (TPSA) is 90.6 Å². The van der Waals surface area contributed by atoms with Gasteiger partial charge in [0.25, 0.3) is 0 Å². The number of ether oxygens (including phenoxy) is 1. The molecule has 168 valence electrons. The Morgan fingerprint density at radius 3 is 2.67 bits per heavy atom. The number of imidazole rings is 1. The summed E-state index contributed by atoms with van der Waals surface area (Å²) in [6, 6.07) is 10.4. The summed E-state index contributed by atoms with van der Waals surface area (Å²) in [6.07, 6.45) is 7.72. The molecule has 1 aromatic carbocycles. The minimum absolute atomic E-state index is 0.0440. The van der Waals surface area contributed by atoms with E-state index < -0.39 is 0 Å². The molecule has 1 aliphatic rings. The monoisotopic (exact) mass is 445 g/mol. The molecule has 4 heterocycles. The molecule has 1 N–H and O–H groups in total. The molecular weight excluding hydrogens is 421 g/mol. The van der Waals surface area contributed by atoms with Crippen LogP contribution in [0.1, 0.15) is 31.6 Å². The molecule has 0 bridgehead atoms. The third kappa shape index (κ3) is 4.39. The minimum atomic E-state index is -0.283. The zero-order valence-corrected chi connectivity index (χ0v) is 18.3. The lowest BCUT2D eigenvalue weighted by Gasteiger charge is -2.17. The van der Waals surface area contributed by atoms with Crippen LogP contribution < -0.4 is 10.1 Å².